The summed E-state index contributed by atoms with van der Waals surface area (Å²) >= 11 is 0. The maximum atomic E-state index is 9.62. The van der Waals surface area contributed by atoms with Gasteiger partial charge < -0.3 is 15.2 Å². The van der Waals surface area contributed by atoms with Crippen molar-refractivity contribution in [1.82, 2.24) is 5.32 Å². The molecule has 0 spiro atoms. The number of nitrogens with one attached hydrogen (secondary N) is 1. The van der Waals surface area contributed by atoms with Gasteiger partial charge in [0.25, 0.3) is 0 Å². The van der Waals surface area contributed by atoms with Crippen LogP contribution >= 0.6 is 0 Å². The molecule has 3 rings (SSSR count). The van der Waals surface area contributed by atoms with Crippen molar-refractivity contribution < 1.29 is 9.84 Å². The summed E-state index contributed by atoms with van der Waals surface area (Å²) in [4.78, 5) is 0. The van der Waals surface area contributed by atoms with Crippen LogP contribution in [0.15, 0.2) is 42.5 Å². The van der Waals surface area contributed by atoms with Gasteiger partial charge in [-0.25, -0.2) is 0 Å². The highest BCUT2D eigenvalue weighted by Crippen LogP contribution is 2.21. The highest BCUT2D eigenvalue weighted by Gasteiger charge is 2.18. The highest BCUT2D eigenvalue weighted by molar-refractivity contribution is 5.83. The Morgan fingerprint density at radius 1 is 1.20 bits per heavy atom. The Labute approximate surface area is 119 Å². The molecule has 1 aliphatic rings. The average Bonchev–Trinajstić information content (AvgIpc) is 3.01. The number of ether oxygens (including phenoxy) is 1. The van der Waals surface area contributed by atoms with Gasteiger partial charge in [-0.3, -0.25) is 0 Å². The summed E-state index contributed by atoms with van der Waals surface area (Å²) < 4.78 is 5.61. The molecule has 0 saturated carbocycles. The van der Waals surface area contributed by atoms with E-state index in [2.05, 4.69) is 35.6 Å². The number of aliphatic hydroxyl groups is 1. The number of rotatable bonds is 5. The van der Waals surface area contributed by atoms with Gasteiger partial charge >= 0.3 is 0 Å². The van der Waals surface area contributed by atoms with Crippen LogP contribution in [0.1, 0.15) is 24.4 Å². The minimum Gasteiger partial charge on any atom is -0.394 e. The highest BCUT2D eigenvalue weighted by atomic mass is 16.5. The molecule has 1 saturated heterocycles. The molecule has 2 N–H and O–H groups in total. The molecule has 2 atom stereocenters. The second kappa shape index (κ2) is 6.35. The molecule has 0 aromatic heterocycles. The smallest absolute Gasteiger partial charge is 0.0700 e. The lowest BCUT2D eigenvalue weighted by Crippen LogP contribution is -2.31. The molecule has 1 fully saturated rings. The van der Waals surface area contributed by atoms with Crippen molar-refractivity contribution in [2.75, 3.05) is 19.8 Å². The van der Waals surface area contributed by atoms with E-state index in [4.69, 9.17) is 4.74 Å². The third-order valence-corrected chi connectivity index (χ3v) is 3.97. The van der Waals surface area contributed by atoms with Crippen LogP contribution in [0.2, 0.25) is 0 Å². The topological polar surface area (TPSA) is 41.5 Å². The van der Waals surface area contributed by atoms with Crippen LogP contribution in [-0.4, -0.2) is 31.0 Å². The summed E-state index contributed by atoms with van der Waals surface area (Å²) in [6.07, 6.45) is 2.55. The van der Waals surface area contributed by atoms with Crippen LogP contribution < -0.4 is 5.32 Å². The molecule has 0 radical (unpaired) electrons. The molecule has 2 unspecified atom stereocenters. The van der Waals surface area contributed by atoms with Crippen LogP contribution in [0.4, 0.5) is 0 Å². The summed E-state index contributed by atoms with van der Waals surface area (Å²) in [5.41, 5.74) is 1.13. The van der Waals surface area contributed by atoms with Crippen molar-refractivity contribution >= 4 is 10.8 Å². The molecule has 3 nitrogen and oxygen atoms in total. The quantitative estimate of drug-likeness (QED) is 0.878. The Morgan fingerprint density at radius 2 is 2.05 bits per heavy atom. The number of benzene rings is 2. The van der Waals surface area contributed by atoms with Crippen LogP contribution in [0, 0.1) is 0 Å². The van der Waals surface area contributed by atoms with Gasteiger partial charge in [-0.05, 0) is 35.2 Å². The van der Waals surface area contributed by atoms with Gasteiger partial charge in [-0.1, -0.05) is 36.4 Å². The second-order valence-electron chi connectivity index (χ2n) is 5.39. The van der Waals surface area contributed by atoms with E-state index < -0.39 is 0 Å². The normalized spacial score (nSPS) is 20.4. The second-order valence-corrected chi connectivity index (χ2v) is 5.39. The SMILES string of the molecule is OCC(NCC1CCCO1)c1ccc2ccccc2c1. The van der Waals surface area contributed by atoms with Gasteiger partial charge in [0.05, 0.1) is 18.8 Å². The monoisotopic (exact) mass is 271 g/mol. The van der Waals surface area contributed by atoms with Gasteiger partial charge in [0.2, 0.25) is 0 Å². The third-order valence-electron chi connectivity index (χ3n) is 3.97. The van der Waals surface area contributed by atoms with Gasteiger partial charge in [0.1, 0.15) is 0 Å². The van der Waals surface area contributed by atoms with Crippen molar-refractivity contribution in [2.24, 2.45) is 0 Å². The van der Waals surface area contributed by atoms with E-state index in [0.29, 0.717) is 6.10 Å². The summed E-state index contributed by atoms with van der Waals surface area (Å²) in [7, 11) is 0. The van der Waals surface area contributed by atoms with Gasteiger partial charge in [0, 0.05) is 13.2 Å². The molecule has 2 aromatic carbocycles. The standard InChI is InChI=1S/C17H21NO2/c19-12-17(18-11-16-6-3-9-20-16)15-8-7-13-4-1-2-5-14(13)10-15/h1-2,4-5,7-8,10,16-19H,3,6,9,11-12H2. The maximum absolute atomic E-state index is 9.62. The molecular weight excluding hydrogens is 250 g/mol. The molecule has 1 aliphatic heterocycles. The van der Waals surface area contributed by atoms with Crippen molar-refractivity contribution in [3.05, 3.63) is 48.0 Å². The van der Waals surface area contributed by atoms with E-state index in [9.17, 15) is 5.11 Å². The molecule has 0 amide bonds. The predicted octanol–water partition coefficient (Wildman–Crippen LogP) is 2.64. The largest absolute Gasteiger partial charge is 0.394 e. The first-order valence-corrected chi connectivity index (χ1v) is 7.31. The van der Waals surface area contributed by atoms with Gasteiger partial charge in [-0.2, -0.15) is 0 Å². The number of fused-ring (bicyclic) bond motifs is 1. The fourth-order valence-corrected chi connectivity index (χ4v) is 2.79. The molecular formula is C17H21NO2. The van der Waals surface area contributed by atoms with Crippen molar-refractivity contribution in [3.8, 4) is 0 Å². The zero-order valence-electron chi connectivity index (χ0n) is 11.6. The fourth-order valence-electron chi connectivity index (χ4n) is 2.79. The van der Waals surface area contributed by atoms with Crippen LogP contribution in [0.5, 0.6) is 0 Å². The maximum Gasteiger partial charge on any atom is 0.0700 e. The first kappa shape index (κ1) is 13.6. The summed E-state index contributed by atoms with van der Waals surface area (Å²) in [5, 5.41) is 15.5. The number of hydrogen-bond acceptors (Lipinski definition) is 3. The van der Waals surface area contributed by atoms with E-state index in [1.807, 2.05) is 12.1 Å². The lowest BCUT2D eigenvalue weighted by atomic mass is 10.0. The Hall–Kier alpha value is -1.42. The molecule has 1 heterocycles. The first-order chi connectivity index (χ1) is 9.86. The zero-order chi connectivity index (χ0) is 13.8. The van der Waals surface area contributed by atoms with E-state index in [1.54, 1.807) is 0 Å². The predicted molar refractivity (Wildman–Crippen MR) is 80.8 cm³/mol. The molecule has 20 heavy (non-hydrogen) atoms. The Kier molecular flexibility index (Phi) is 4.31. The van der Waals surface area contributed by atoms with E-state index >= 15 is 0 Å². The number of aliphatic hydroxyl groups excluding tert-OH is 1. The minimum atomic E-state index is -0.0243. The summed E-state index contributed by atoms with van der Waals surface area (Å²) in [6.45, 7) is 1.77. The van der Waals surface area contributed by atoms with Gasteiger partial charge in [0.15, 0.2) is 0 Å². The van der Waals surface area contributed by atoms with Gasteiger partial charge in [-0.15, -0.1) is 0 Å². The van der Waals surface area contributed by atoms with Crippen molar-refractivity contribution in [2.45, 2.75) is 25.0 Å². The molecule has 0 aliphatic carbocycles. The average molecular weight is 271 g/mol. The lowest BCUT2D eigenvalue weighted by Gasteiger charge is -2.19. The van der Waals surface area contributed by atoms with Crippen LogP contribution in [0.3, 0.4) is 0 Å². The minimum absolute atomic E-state index is 0.0243. The molecule has 2 aromatic rings. The lowest BCUT2D eigenvalue weighted by molar-refractivity contribution is 0.104. The first-order valence-electron chi connectivity index (χ1n) is 7.31. The third kappa shape index (κ3) is 3.01. The summed E-state index contributed by atoms with van der Waals surface area (Å²) in [6, 6.07) is 14.6. The molecule has 3 heteroatoms. The zero-order valence-corrected chi connectivity index (χ0v) is 11.6. The Bertz CT molecular complexity index is 564. The Morgan fingerprint density at radius 3 is 2.80 bits per heavy atom. The van der Waals surface area contributed by atoms with Crippen molar-refractivity contribution in [1.29, 1.82) is 0 Å². The van der Waals surface area contributed by atoms with E-state index in [0.717, 1.165) is 31.6 Å². The van der Waals surface area contributed by atoms with E-state index in [-0.39, 0.29) is 12.6 Å². The van der Waals surface area contributed by atoms with Crippen molar-refractivity contribution in [3.63, 3.8) is 0 Å². The van der Waals surface area contributed by atoms with Crippen LogP contribution in [-0.2, 0) is 4.74 Å². The molecule has 106 valence electrons. The molecule has 0 bridgehead atoms. The summed E-state index contributed by atoms with van der Waals surface area (Å²) in [5.74, 6) is 0. The van der Waals surface area contributed by atoms with E-state index in [1.165, 1.54) is 10.8 Å². The fraction of sp³-hybridized carbons (Fsp3) is 0.412. The Balaban J connectivity index is 1.72. The number of hydrogen-bond donors (Lipinski definition) is 2. The van der Waals surface area contributed by atoms with Crippen LogP contribution in [0.25, 0.3) is 10.8 Å².